The van der Waals surface area contributed by atoms with E-state index in [0.29, 0.717) is 12.5 Å². The van der Waals surface area contributed by atoms with Gasteiger partial charge in [0.15, 0.2) is 0 Å². The van der Waals surface area contributed by atoms with E-state index in [9.17, 15) is 13.6 Å². The van der Waals surface area contributed by atoms with Gasteiger partial charge in [0.1, 0.15) is 0 Å². The van der Waals surface area contributed by atoms with E-state index < -0.39 is 5.92 Å². The Morgan fingerprint density at radius 1 is 1.32 bits per heavy atom. The number of rotatable bonds is 6. The maximum Gasteiger partial charge on any atom is 0.248 e. The van der Waals surface area contributed by atoms with Gasteiger partial charge >= 0.3 is 0 Å². The summed E-state index contributed by atoms with van der Waals surface area (Å²) in [7, 11) is 0. The van der Waals surface area contributed by atoms with Crippen LogP contribution in [0.2, 0.25) is 0 Å². The van der Waals surface area contributed by atoms with Crippen LogP contribution in [0.15, 0.2) is 0 Å². The van der Waals surface area contributed by atoms with Crippen LogP contribution in [-0.2, 0) is 4.79 Å². The van der Waals surface area contributed by atoms with E-state index in [2.05, 4.69) is 19.2 Å². The predicted molar refractivity (Wildman–Crippen MR) is 72.0 cm³/mol. The normalized spacial score (nSPS) is 21.4. The highest BCUT2D eigenvalue weighted by Crippen LogP contribution is 2.36. The number of nitrogens with two attached hydrogens (primary N) is 1. The average molecular weight is 276 g/mol. The van der Waals surface area contributed by atoms with E-state index in [0.717, 1.165) is 12.8 Å². The van der Waals surface area contributed by atoms with Crippen LogP contribution in [0.1, 0.15) is 52.4 Å². The van der Waals surface area contributed by atoms with Crippen LogP contribution >= 0.6 is 0 Å². The molecular formula is C14H26F2N2O. The van der Waals surface area contributed by atoms with E-state index in [1.807, 2.05) is 0 Å². The Kier molecular flexibility index (Phi) is 6.17. The third-order valence-corrected chi connectivity index (χ3v) is 4.25. The van der Waals surface area contributed by atoms with E-state index in [-0.39, 0.29) is 43.6 Å². The van der Waals surface area contributed by atoms with Crippen molar-refractivity contribution in [3.63, 3.8) is 0 Å². The summed E-state index contributed by atoms with van der Waals surface area (Å²) in [5.74, 6) is -2.57. The lowest BCUT2D eigenvalue weighted by Gasteiger charge is -2.28. The number of hydrogen-bond donors (Lipinski definition) is 2. The summed E-state index contributed by atoms with van der Waals surface area (Å²) < 4.78 is 26.0. The molecule has 1 saturated carbocycles. The van der Waals surface area contributed by atoms with Gasteiger partial charge < -0.3 is 11.1 Å². The zero-order valence-corrected chi connectivity index (χ0v) is 11.9. The molecule has 112 valence electrons. The second-order valence-corrected chi connectivity index (χ2v) is 5.62. The minimum Gasteiger partial charge on any atom is -0.354 e. The monoisotopic (exact) mass is 276 g/mol. The van der Waals surface area contributed by atoms with E-state index >= 15 is 0 Å². The van der Waals surface area contributed by atoms with Crippen LogP contribution in [-0.4, -0.2) is 24.4 Å². The first kappa shape index (κ1) is 16.3. The van der Waals surface area contributed by atoms with Gasteiger partial charge in [0.25, 0.3) is 0 Å². The van der Waals surface area contributed by atoms with Crippen molar-refractivity contribution in [2.45, 2.75) is 64.3 Å². The molecule has 19 heavy (non-hydrogen) atoms. The summed E-state index contributed by atoms with van der Waals surface area (Å²) in [5, 5.41) is 2.82. The van der Waals surface area contributed by atoms with Crippen molar-refractivity contribution in [3.05, 3.63) is 0 Å². The van der Waals surface area contributed by atoms with Crippen molar-refractivity contribution in [2.75, 3.05) is 6.54 Å². The number of halogens is 2. The zero-order valence-electron chi connectivity index (χ0n) is 11.9. The summed E-state index contributed by atoms with van der Waals surface area (Å²) in [6, 6.07) is -0.0519. The Morgan fingerprint density at radius 2 is 1.84 bits per heavy atom. The smallest absolute Gasteiger partial charge is 0.248 e. The maximum absolute atomic E-state index is 13.0. The van der Waals surface area contributed by atoms with Gasteiger partial charge in [-0.05, 0) is 18.8 Å². The van der Waals surface area contributed by atoms with Gasteiger partial charge in [-0.3, -0.25) is 4.79 Å². The second-order valence-electron chi connectivity index (χ2n) is 5.62. The molecular weight excluding hydrogens is 250 g/mol. The minimum absolute atomic E-state index is 0.0519. The van der Waals surface area contributed by atoms with Crippen molar-refractivity contribution < 1.29 is 13.6 Å². The summed E-state index contributed by atoms with van der Waals surface area (Å²) in [6.07, 6.45) is 2.18. The van der Waals surface area contributed by atoms with E-state index in [1.165, 1.54) is 0 Å². The topological polar surface area (TPSA) is 55.1 Å². The Bertz CT molecular complexity index is 283. The number of alkyl halides is 2. The lowest BCUT2D eigenvalue weighted by Crippen LogP contribution is -2.44. The molecule has 3 nitrogen and oxygen atoms in total. The molecule has 0 radical (unpaired) electrons. The largest absolute Gasteiger partial charge is 0.354 e. The van der Waals surface area contributed by atoms with E-state index in [4.69, 9.17) is 5.73 Å². The van der Waals surface area contributed by atoms with Gasteiger partial charge in [0.05, 0.1) is 0 Å². The fourth-order valence-corrected chi connectivity index (χ4v) is 2.73. The van der Waals surface area contributed by atoms with Crippen LogP contribution in [0.4, 0.5) is 8.78 Å². The molecule has 1 aliphatic rings. The SMILES string of the molecule is CCC(CC)C(N)CNC(=O)C1CCC(F)(F)CC1. The molecule has 1 unspecified atom stereocenters. The molecule has 0 saturated heterocycles. The predicted octanol–water partition coefficient (Wildman–Crippen LogP) is 2.69. The van der Waals surface area contributed by atoms with Crippen LogP contribution in [0.5, 0.6) is 0 Å². The number of carbonyl (C=O) groups is 1. The fourth-order valence-electron chi connectivity index (χ4n) is 2.73. The molecule has 1 rings (SSSR count). The number of amides is 1. The second kappa shape index (κ2) is 7.17. The molecule has 0 bridgehead atoms. The quantitative estimate of drug-likeness (QED) is 0.783. The van der Waals surface area contributed by atoms with Crippen molar-refractivity contribution >= 4 is 5.91 Å². The number of nitrogens with one attached hydrogen (secondary N) is 1. The molecule has 0 heterocycles. The van der Waals surface area contributed by atoms with Crippen LogP contribution in [0, 0.1) is 11.8 Å². The van der Waals surface area contributed by atoms with Crippen LogP contribution in [0.25, 0.3) is 0 Å². The Balaban J connectivity index is 2.32. The van der Waals surface area contributed by atoms with Crippen molar-refractivity contribution in [3.8, 4) is 0 Å². The Hall–Kier alpha value is -0.710. The minimum atomic E-state index is -2.58. The molecule has 5 heteroatoms. The summed E-state index contributed by atoms with van der Waals surface area (Å²) in [5.41, 5.74) is 6.03. The summed E-state index contributed by atoms with van der Waals surface area (Å²) >= 11 is 0. The number of carbonyl (C=O) groups excluding carboxylic acids is 1. The highest BCUT2D eigenvalue weighted by molar-refractivity contribution is 5.78. The van der Waals surface area contributed by atoms with Gasteiger partial charge in [-0.15, -0.1) is 0 Å². The van der Waals surface area contributed by atoms with Crippen LogP contribution < -0.4 is 11.1 Å². The molecule has 3 N–H and O–H groups in total. The highest BCUT2D eigenvalue weighted by atomic mass is 19.3. The molecule has 0 aliphatic heterocycles. The molecule has 1 fully saturated rings. The standard InChI is InChI=1S/C14H26F2N2O/c1-3-10(4-2)12(17)9-18-13(19)11-5-7-14(15,16)8-6-11/h10-12H,3-9,17H2,1-2H3,(H,18,19). The molecule has 1 atom stereocenters. The van der Waals surface area contributed by atoms with Gasteiger partial charge in [0, 0.05) is 31.3 Å². The third kappa shape index (κ3) is 5.05. The first-order valence-corrected chi connectivity index (χ1v) is 7.30. The fraction of sp³-hybridized carbons (Fsp3) is 0.929. The first-order chi connectivity index (χ1) is 8.89. The zero-order chi connectivity index (χ0) is 14.5. The van der Waals surface area contributed by atoms with Crippen molar-refractivity contribution in [1.82, 2.24) is 5.32 Å². The molecule has 1 amide bonds. The lowest BCUT2D eigenvalue weighted by atomic mass is 9.86. The maximum atomic E-state index is 13.0. The van der Waals surface area contributed by atoms with E-state index in [1.54, 1.807) is 0 Å². The Labute approximate surface area is 114 Å². The lowest BCUT2D eigenvalue weighted by molar-refractivity contribution is -0.129. The number of hydrogen-bond acceptors (Lipinski definition) is 2. The van der Waals surface area contributed by atoms with Crippen molar-refractivity contribution in [2.24, 2.45) is 17.6 Å². The first-order valence-electron chi connectivity index (χ1n) is 7.30. The van der Waals surface area contributed by atoms with Crippen LogP contribution in [0.3, 0.4) is 0 Å². The van der Waals surface area contributed by atoms with Gasteiger partial charge in [0.2, 0.25) is 11.8 Å². The summed E-state index contributed by atoms with van der Waals surface area (Å²) in [4.78, 5) is 11.9. The Morgan fingerprint density at radius 3 is 2.32 bits per heavy atom. The molecule has 0 spiro atoms. The average Bonchev–Trinajstić information content (AvgIpc) is 2.37. The van der Waals surface area contributed by atoms with Crippen molar-refractivity contribution in [1.29, 1.82) is 0 Å². The van der Waals surface area contributed by atoms with Gasteiger partial charge in [-0.25, -0.2) is 8.78 Å². The summed E-state index contributed by atoms with van der Waals surface area (Å²) in [6.45, 7) is 4.61. The highest BCUT2D eigenvalue weighted by Gasteiger charge is 2.37. The molecule has 0 aromatic rings. The molecule has 1 aliphatic carbocycles. The molecule has 0 aromatic heterocycles. The third-order valence-electron chi connectivity index (χ3n) is 4.25. The van der Waals surface area contributed by atoms with Gasteiger partial charge in [-0.1, -0.05) is 26.7 Å². The van der Waals surface area contributed by atoms with Gasteiger partial charge in [-0.2, -0.15) is 0 Å². The molecule has 0 aromatic carbocycles.